The predicted octanol–water partition coefficient (Wildman–Crippen LogP) is 3.60. The molecule has 0 atom stereocenters. The van der Waals surface area contributed by atoms with Crippen molar-refractivity contribution in [2.75, 3.05) is 25.0 Å². The number of carbonyl (C=O) groups excluding carboxylic acids is 1. The zero-order valence-electron chi connectivity index (χ0n) is 16.1. The number of H-pyrrole nitrogens is 1. The third-order valence-electron chi connectivity index (χ3n) is 4.96. The Hall–Kier alpha value is -2.84. The Morgan fingerprint density at radius 3 is 2.62 bits per heavy atom. The van der Waals surface area contributed by atoms with E-state index in [1.54, 1.807) is 25.1 Å². The summed E-state index contributed by atoms with van der Waals surface area (Å²) >= 11 is 0. The van der Waals surface area contributed by atoms with Crippen LogP contribution in [0, 0.1) is 0 Å². The van der Waals surface area contributed by atoms with Crippen molar-refractivity contribution < 1.29 is 17.9 Å². The number of sulfonamides is 1. The summed E-state index contributed by atoms with van der Waals surface area (Å²) in [5.41, 5.74) is 1.67. The molecule has 1 aliphatic heterocycles. The summed E-state index contributed by atoms with van der Waals surface area (Å²) in [5, 5.41) is 3.71. The van der Waals surface area contributed by atoms with Gasteiger partial charge in [0.05, 0.1) is 6.61 Å². The highest BCUT2D eigenvalue weighted by Crippen LogP contribution is 2.32. The van der Waals surface area contributed by atoms with Crippen LogP contribution in [-0.4, -0.2) is 43.3 Å². The number of ether oxygens (including phenoxy) is 1. The molecule has 0 saturated carbocycles. The second kappa shape index (κ2) is 7.88. The second-order valence-corrected chi connectivity index (χ2v) is 8.84. The molecule has 2 heterocycles. The molecule has 1 saturated heterocycles. The van der Waals surface area contributed by atoms with E-state index >= 15 is 0 Å². The molecule has 0 unspecified atom stereocenters. The van der Waals surface area contributed by atoms with Gasteiger partial charge >= 0.3 is 0 Å². The molecule has 2 N–H and O–H groups in total. The summed E-state index contributed by atoms with van der Waals surface area (Å²) in [6.45, 7) is 3.15. The third-order valence-corrected chi connectivity index (χ3v) is 6.88. The van der Waals surface area contributed by atoms with E-state index in [-0.39, 0.29) is 10.8 Å². The number of aromatic nitrogens is 1. The Labute approximate surface area is 169 Å². The highest BCUT2D eigenvalue weighted by molar-refractivity contribution is 7.89. The summed E-state index contributed by atoms with van der Waals surface area (Å²) in [4.78, 5) is 15.8. The number of aromatic amines is 1. The van der Waals surface area contributed by atoms with Crippen molar-refractivity contribution in [1.29, 1.82) is 0 Å². The monoisotopic (exact) mass is 413 g/mol. The van der Waals surface area contributed by atoms with Crippen molar-refractivity contribution in [3.8, 4) is 5.75 Å². The molecule has 152 valence electrons. The van der Waals surface area contributed by atoms with E-state index in [2.05, 4.69) is 10.3 Å². The lowest BCUT2D eigenvalue weighted by atomic mass is 10.2. The van der Waals surface area contributed by atoms with Gasteiger partial charge in [0.25, 0.3) is 5.91 Å². The number of para-hydroxylation sites is 1. The Bertz CT molecular complexity index is 1110. The molecular weight excluding hydrogens is 390 g/mol. The fourth-order valence-electron chi connectivity index (χ4n) is 3.52. The van der Waals surface area contributed by atoms with Crippen molar-refractivity contribution in [1.82, 2.24) is 9.29 Å². The topological polar surface area (TPSA) is 91.5 Å². The van der Waals surface area contributed by atoms with Gasteiger partial charge in [0, 0.05) is 29.7 Å². The maximum absolute atomic E-state index is 13.1. The minimum atomic E-state index is -3.69. The van der Waals surface area contributed by atoms with Crippen LogP contribution in [0.2, 0.25) is 0 Å². The van der Waals surface area contributed by atoms with Crippen molar-refractivity contribution in [2.24, 2.45) is 0 Å². The van der Waals surface area contributed by atoms with Crippen LogP contribution in [0.25, 0.3) is 10.9 Å². The van der Waals surface area contributed by atoms with Gasteiger partial charge in [-0.15, -0.1) is 0 Å². The highest BCUT2D eigenvalue weighted by atomic mass is 32.2. The first-order valence-corrected chi connectivity index (χ1v) is 11.1. The second-order valence-electron chi connectivity index (χ2n) is 6.93. The molecule has 1 fully saturated rings. The van der Waals surface area contributed by atoms with Gasteiger partial charge in [0.15, 0.2) is 0 Å². The average molecular weight is 413 g/mol. The Kier molecular flexibility index (Phi) is 5.29. The summed E-state index contributed by atoms with van der Waals surface area (Å²) in [5.74, 6) is -0.0436. The fourth-order valence-corrected chi connectivity index (χ4v) is 5.20. The van der Waals surface area contributed by atoms with E-state index in [0.717, 1.165) is 23.7 Å². The van der Waals surface area contributed by atoms with Crippen molar-refractivity contribution in [3.05, 3.63) is 54.2 Å². The molecule has 1 aromatic heterocycles. The highest BCUT2D eigenvalue weighted by Gasteiger charge is 2.30. The number of nitrogens with zero attached hydrogens (tertiary/aromatic N) is 1. The maximum Gasteiger partial charge on any atom is 0.272 e. The molecule has 0 radical (unpaired) electrons. The van der Waals surface area contributed by atoms with E-state index in [1.807, 2.05) is 24.3 Å². The van der Waals surface area contributed by atoms with Crippen LogP contribution in [0.15, 0.2) is 53.4 Å². The Morgan fingerprint density at radius 2 is 1.90 bits per heavy atom. The lowest BCUT2D eigenvalue weighted by Crippen LogP contribution is -2.28. The van der Waals surface area contributed by atoms with E-state index in [4.69, 9.17) is 4.74 Å². The standard InChI is InChI=1S/C21H23N3O4S/c1-2-28-19-10-9-16(14-20(19)29(26,27)24-11-5-6-12-24)22-21(25)18-13-15-7-3-4-8-17(15)23-18/h3-4,7-10,13-14,23H,2,5-6,11-12H2,1H3,(H,22,25). The van der Waals surface area contributed by atoms with Crippen molar-refractivity contribution in [3.63, 3.8) is 0 Å². The number of fused-ring (bicyclic) bond motifs is 1. The molecule has 4 rings (SSSR count). The third kappa shape index (κ3) is 3.86. The van der Waals surface area contributed by atoms with Gasteiger partial charge in [-0.1, -0.05) is 18.2 Å². The number of rotatable bonds is 6. The molecule has 3 aromatic rings. The zero-order valence-corrected chi connectivity index (χ0v) is 17.0. The molecule has 0 bridgehead atoms. The van der Waals surface area contributed by atoms with Gasteiger partial charge in [-0.05, 0) is 50.1 Å². The first kappa shape index (κ1) is 19.5. The fraction of sp³-hybridized carbons (Fsp3) is 0.286. The zero-order chi connectivity index (χ0) is 20.4. The van der Waals surface area contributed by atoms with Crippen molar-refractivity contribution >= 4 is 32.5 Å². The van der Waals surface area contributed by atoms with Crippen LogP contribution in [-0.2, 0) is 10.0 Å². The summed E-state index contributed by atoms with van der Waals surface area (Å²) in [6, 6.07) is 14.1. The SMILES string of the molecule is CCOc1ccc(NC(=O)c2cc3ccccc3[nH]2)cc1S(=O)(=O)N1CCCC1. The van der Waals surface area contributed by atoms with Crippen LogP contribution >= 0.6 is 0 Å². The van der Waals surface area contributed by atoms with Gasteiger partial charge < -0.3 is 15.0 Å². The van der Waals surface area contributed by atoms with Crippen LogP contribution < -0.4 is 10.1 Å². The van der Waals surface area contributed by atoms with E-state index in [0.29, 0.717) is 36.8 Å². The minimum Gasteiger partial charge on any atom is -0.492 e. The summed E-state index contributed by atoms with van der Waals surface area (Å²) in [7, 11) is -3.69. The normalized spacial score (nSPS) is 14.9. The largest absolute Gasteiger partial charge is 0.492 e. The number of nitrogens with one attached hydrogen (secondary N) is 2. The van der Waals surface area contributed by atoms with Crippen LogP contribution in [0.5, 0.6) is 5.75 Å². The van der Waals surface area contributed by atoms with Crippen LogP contribution in [0.1, 0.15) is 30.3 Å². The van der Waals surface area contributed by atoms with E-state index in [9.17, 15) is 13.2 Å². The Morgan fingerprint density at radius 1 is 1.14 bits per heavy atom. The number of carbonyl (C=O) groups is 1. The molecular formula is C21H23N3O4S. The molecule has 0 aliphatic carbocycles. The van der Waals surface area contributed by atoms with Gasteiger partial charge in [-0.25, -0.2) is 8.42 Å². The number of hydrogen-bond donors (Lipinski definition) is 2. The predicted molar refractivity (Wildman–Crippen MR) is 112 cm³/mol. The van der Waals surface area contributed by atoms with Gasteiger partial charge in [-0.2, -0.15) is 4.31 Å². The lowest BCUT2D eigenvalue weighted by Gasteiger charge is -2.19. The number of hydrogen-bond acceptors (Lipinski definition) is 4. The van der Waals surface area contributed by atoms with Crippen LogP contribution in [0.3, 0.4) is 0 Å². The maximum atomic E-state index is 13.1. The number of benzene rings is 2. The minimum absolute atomic E-state index is 0.0793. The van der Waals surface area contributed by atoms with Gasteiger partial charge in [0.1, 0.15) is 16.3 Å². The van der Waals surface area contributed by atoms with E-state index < -0.39 is 10.0 Å². The first-order valence-electron chi connectivity index (χ1n) is 9.65. The number of anilines is 1. The molecule has 0 spiro atoms. The smallest absolute Gasteiger partial charge is 0.272 e. The average Bonchev–Trinajstić information content (AvgIpc) is 3.39. The van der Waals surface area contributed by atoms with Gasteiger partial charge in [0.2, 0.25) is 10.0 Å². The number of amides is 1. The molecule has 1 amide bonds. The van der Waals surface area contributed by atoms with Gasteiger partial charge in [-0.3, -0.25) is 4.79 Å². The molecule has 8 heteroatoms. The molecule has 2 aromatic carbocycles. The summed E-state index contributed by atoms with van der Waals surface area (Å²) in [6.07, 6.45) is 1.69. The van der Waals surface area contributed by atoms with Crippen LogP contribution in [0.4, 0.5) is 5.69 Å². The molecule has 7 nitrogen and oxygen atoms in total. The molecule has 29 heavy (non-hydrogen) atoms. The molecule has 1 aliphatic rings. The quantitative estimate of drug-likeness (QED) is 0.646. The summed E-state index contributed by atoms with van der Waals surface area (Å²) < 4.78 is 33.2. The lowest BCUT2D eigenvalue weighted by molar-refractivity contribution is 0.102. The first-order chi connectivity index (χ1) is 14.0. The van der Waals surface area contributed by atoms with E-state index in [1.165, 1.54) is 10.4 Å². The van der Waals surface area contributed by atoms with Crippen molar-refractivity contribution in [2.45, 2.75) is 24.7 Å². The Balaban J connectivity index is 1.64.